The van der Waals surface area contributed by atoms with Gasteiger partial charge in [0.15, 0.2) is 11.3 Å². The number of benzene rings is 2. The molecule has 0 aliphatic rings. The fourth-order valence-corrected chi connectivity index (χ4v) is 3.77. The van der Waals surface area contributed by atoms with E-state index in [1.165, 1.54) is 0 Å². The topological polar surface area (TPSA) is 128 Å². The zero-order valence-corrected chi connectivity index (χ0v) is 14.8. The van der Waals surface area contributed by atoms with E-state index in [4.69, 9.17) is 11.3 Å². The van der Waals surface area contributed by atoms with Crippen LogP contribution in [0.5, 0.6) is 0 Å². The molecule has 0 bridgehead atoms. The highest BCUT2D eigenvalue weighted by molar-refractivity contribution is 7.07. The summed E-state index contributed by atoms with van der Waals surface area (Å²) in [6, 6.07) is 18.5. The number of thiazole rings is 1. The summed E-state index contributed by atoms with van der Waals surface area (Å²) in [6.07, 6.45) is 0. The molecule has 2 aromatic heterocycles. The molecule has 0 radical (unpaired) electrons. The van der Waals surface area contributed by atoms with Crippen LogP contribution in [-0.4, -0.2) is 19.8 Å². The van der Waals surface area contributed by atoms with Gasteiger partial charge in [-0.2, -0.15) is 5.26 Å². The molecule has 0 aliphatic heterocycles. The summed E-state index contributed by atoms with van der Waals surface area (Å²) < 4.78 is 1.70. The predicted molar refractivity (Wildman–Crippen MR) is 103 cm³/mol. The second-order valence-electron chi connectivity index (χ2n) is 5.76. The van der Waals surface area contributed by atoms with E-state index in [0.717, 1.165) is 27.0 Å². The monoisotopic (exact) mass is 374 g/mol. The number of nitriles is 1. The number of hydrogen-bond acceptors (Lipinski definition) is 6. The SMILES string of the molecule is N#C/C(c1nc2ccccc2[nH]1)=c1\s/c(=C(/O)c2ccccc2)c(=N)n1N. The summed E-state index contributed by atoms with van der Waals surface area (Å²) in [5.74, 6) is 6.34. The Balaban J connectivity index is 2.04. The first-order chi connectivity index (χ1) is 13.1. The maximum Gasteiger partial charge on any atom is 0.166 e. The first kappa shape index (κ1) is 16.6. The first-order valence-electron chi connectivity index (χ1n) is 8.00. The Labute approximate surface area is 157 Å². The Bertz CT molecular complexity index is 1340. The molecule has 132 valence electrons. The third-order valence-electron chi connectivity index (χ3n) is 4.09. The van der Waals surface area contributed by atoms with Gasteiger partial charge in [0.2, 0.25) is 0 Å². The molecule has 0 saturated carbocycles. The van der Waals surface area contributed by atoms with Gasteiger partial charge in [-0.15, -0.1) is 11.3 Å². The van der Waals surface area contributed by atoms with Gasteiger partial charge in [-0.05, 0) is 12.1 Å². The lowest BCUT2D eigenvalue weighted by Gasteiger charge is -1.96. The van der Waals surface area contributed by atoms with E-state index in [1.807, 2.05) is 30.3 Å². The van der Waals surface area contributed by atoms with Crippen molar-refractivity contribution < 1.29 is 5.11 Å². The minimum atomic E-state index is -0.0831. The average Bonchev–Trinajstić information content (AvgIpc) is 3.25. The van der Waals surface area contributed by atoms with Gasteiger partial charge in [0.1, 0.15) is 26.6 Å². The van der Waals surface area contributed by atoms with Crippen molar-refractivity contribution in [2.45, 2.75) is 0 Å². The molecule has 27 heavy (non-hydrogen) atoms. The maximum atomic E-state index is 10.6. The van der Waals surface area contributed by atoms with Gasteiger partial charge < -0.3 is 15.9 Å². The summed E-state index contributed by atoms with van der Waals surface area (Å²) in [5, 5.41) is 28.5. The number of aromatic nitrogens is 3. The second-order valence-corrected chi connectivity index (χ2v) is 6.76. The van der Waals surface area contributed by atoms with Crippen LogP contribution >= 0.6 is 11.3 Å². The molecule has 7 nitrogen and oxygen atoms in total. The number of nitrogens with two attached hydrogens (primary N) is 1. The fourth-order valence-electron chi connectivity index (χ4n) is 2.74. The number of aliphatic hydroxyl groups excluding tert-OH is 1. The average molecular weight is 374 g/mol. The van der Waals surface area contributed by atoms with Gasteiger partial charge in [-0.25, -0.2) is 9.66 Å². The highest BCUT2D eigenvalue weighted by Crippen LogP contribution is 2.14. The van der Waals surface area contributed by atoms with Crippen molar-refractivity contribution in [3.8, 4) is 6.07 Å². The lowest BCUT2D eigenvalue weighted by Crippen LogP contribution is -2.38. The molecule has 5 N–H and O–H groups in total. The molecular formula is C19H14N6OS. The smallest absolute Gasteiger partial charge is 0.166 e. The van der Waals surface area contributed by atoms with Gasteiger partial charge in [0.05, 0.1) is 11.0 Å². The maximum absolute atomic E-state index is 10.6. The van der Waals surface area contributed by atoms with Crippen molar-refractivity contribution in [2.75, 3.05) is 5.84 Å². The van der Waals surface area contributed by atoms with Crippen LogP contribution < -0.4 is 20.5 Å². The first-order valence-corrected chi connectivity index (χ1v) is 8.81. The van der Waals surface area contributed by atoms with Crippen molar-refractivity contribution >= 4 is 33.7 Å². The van der Waals surface area contributed by atoms with E-state index in [-0.39, 0.29) is 21.4 Å². The van der Waals surface area contributed by atoms with Crippen molar-refractivity contribution in [3.63, 3.8) is 0 Å². The molecule has 8 heteroatoms. The number of aliphatic hydroxyl groups is 1. The lowest BCUT2D eigenvalue weighted by molar-refractivity contribution is 0.508. The Morgan fingerprint density at radius 1 is 1.19 bits per heavy atom. The third-order valence-corrected chi connectivity index (χ3v) is 5.27. The van der Waals surface area contributed by atoms with Crippen LogP contribution in [0, 0.1) is 16.7 Å². The Morgan fingerprint density at radius 2 is 1.89 bits per heavy atom. The number of fused-ring (bicyclic) bond motifs is 1. The van der Waals surface area contributed by atoms with Crippen LogP contribution in [0.3, 0.4) is 0 Å². The van der Waals surface area contributed by atoms with E-state index in [0.29, 0.717) is 16.1 Å². The Morgan fingerprint density at radius 3 is 2.59 bits per heavy atom. The van der Waals surface area contributed by atoms with E-state index in [1.54, 1.807) is 24.3 Å². The van der Waals surface area contributed by atoms with Crippen molar-refractivity contribution in [1.82, 2.24) is 14.6 Å². The number of nitrogen functional groups attached to an aromatic ring is 1. The number of rotatable bonds is 2. The van der Waals surface area contributed by atoms with Crippen molar-refractivity contribution in [1.29, 1.82) is 10.7 Å². The Kier molecular flexibility index (Phi) is 3.99. The van der Waals surface area contributed by atoms with Gasteiger partial charge >= 0.3 is 0 Å². The lowest BCUT2D eigenvalue weighted by atomic mass is 10.2. The van der Waals surface area contributed by atoms with E-state index in [2.05, 4.69) is 16.0 Å². The summed E-state index contributed by atoms with van der Waals surface area (Å²) in [7, 11) is 0. The quantitative estimate of drug-likeness (QED) is 0.391. The highest BCUT2D eigenvalue weighted by atomic mass is 32.1. The van der Waals surface area contributed by atoms with Crippen molar-refractivity contribution in [3.05, 3.63) is 80.7 Å². The molecule has 0 aliphatic carbocycles. The normalized spacial score (nSPS) is 13.3. The summed E-state index contributed by atoms with van der Waals surface area (Å²) >= 11 is 1.07. The Hall–Kier alpha value is -3.83. The molecule has 0 spiro atoms. The van der Waals surface area contributed by atoms with Gasteiger partial charge in [-0.3, -0.25) is 5.41 Å². The molecule has 4 rings (SSSR count). The molecule has 0 unspecified atom stereocenters. The van der Waals surface area contributed by atoms with Crippen LogP contribution in [0.4, 0.5) is 0 Å². The number of para-hydroxylation sites is 2. The molecule has 0 amide bonds. The minimum absolute atomic E-state index is 0.0575. The van der Waals surface area contributed by atoms with Crippen LogP contribution in [-0.2, 0) is 0 Å². The molecule has 0 atom stereocenters. The largest absolute Gasteiger partial charge is 0.506 e. The molecule has 2 heterocycles. The third kappa shape index (κ3) is 2.76. The summed E-state index contributed by atoms with van der Waals surface area (Å²) in [4.78, 5) is 7.53. The minimum Gasteiger partial charge on any atom is -0.506 e. The number of aromatic amines is 1. The van der Waals surface area contributed by atoms with Crippen LogP contribution in [0.1, 0.15) is 11.4 Å². The molecule has 0 fully saturated rings. The molecule has 2 aromatic carbocycles. The van der Waals surface area contributed by atoms with Gasteiger partial charge in [0.25, 0.3) is 0 Å². The van der Waals surface area contributed by atoms with Gasteiger partial charge in [0, 0.05) is 5.56 Å². The number of nitrogens with one attached hydrogen (secondary N) is 2. The van der Waals surface area contributed by atoms with Crippen LogP contribution in [0.2, 0.25) is 0 Å². The van der Waals surface area contributed by atoms with Crippen LogP contribution in [0.25, 0.3) is 22.4 Å². The fraction of sp³-hybridized carbons (Fsp3) is 0. The van der Waals surface area contributed by atoms with E-state index < -0.39 is 0 Å². The van der Waals surface area contributed by atoms with Gasteiger partial charge in [-0.1, -0.05) is 42.5 Å². The highest BCUT2D eigenvalue weighted by Gasteiger charge is 2.14. The van der Waals surface area contributed by atoms with Crippen molar-refractivity contribution in [2.24, 2.45) is 0 Å². The molecular weight excluding hydrogens is 360 g/mol. The number of imidazole rings is 1. The molecule has 4 aromatic rings. The van der Waals surface area contributed by atoms with Crippen LogP contribution in [0.15, 0.2) is 54.6 Å². The molecule has 0 saturated heterocycles. The van der Waals surface area contributed by atoms with E-state index in [9.17, 15) is 10.4 Å². The number of nitrogens with zero attached hydrogens (tertiary/aromatic N) is 3. The number of H-pyrrole nitrogens is 1. The van der Waals surface area contributed by atoms with E-state index >= 15 is 0 Å². The second kappa shape index (κ2) is 6.48. The zero-order chi connectivity index (χ0) is 19.0. The predicted octanol–water partition coefficient (Wildman–Crippen LogP) is 1.06. The number of hydrogen-bond donors (Lipinski definition) is 4. The summed E-state index contributed by atoms with van der Waals surface area (Å²) in [5.41, 5.74) is 2.22. The zero-order valence-electron chi connectivity index (χ0n) is 14.0. The standard InChI is InChI=1S/C19H14N6OS/c20-10-12(18-23-13-8-4-5-9-14(13)24-18)19-25(22)17(21)16(27-19)15(26)11-6-2-1-3-7-11/h1-9,21,26H,22H2,(H,23,24)/b16-15+,19-12+,21-17?. The summed E-state index contributed by atoms with van der Waals surface area (Å²) in [6.45, 7) is 0.